The number of ether oxygens (including phenoxy) is 2. The topological polar surface area (TPSA) is 88.6 Å². The summed E-state index contributed by atoms with van der Waals surface area (Å²) in [6, 6.07) is 9.49. The molecule has 1 aliphatic heterocycles. The monoisotopic (exact) mass is 371 g/mol. The van der Waals surface area contributed by atoms with Crippen molar-refractivity contribution in [1.82, 2.24) is 15.5 Å². The maximum absolute atomic E-state index is 12.1. The van der Waals surface area contributed by atoms with Crippen LogP contribution in [-0.4, -0.2) is 62.6 Å². The number of benzene rings is 1. The Balaban J connectivity index is 1.42. The predicted octanol–water partition coefficient (Wildman–Crippen LogP) is 1.09. The summed E-state index contributed by atoms with van der Waals surface area (Å²) < 4.78 is 10.6. The molecule has 1 aromatic carbocycles. The van der Waals surface area contributed by atoms with E-state index in [0.29, 0.717) is 18.9 Å². The summed E-state index contributed by atoms with van der Waals surface area (Å²) in [4.78, 5) is 14.3. The Morgan fingerprint density at radius 1 is 1.26 bits per heavy atom. The van der Waals surface area contributed by atoms with E-state index < -0.39 is 0 Å². The van der Waals surface area contributed by atoms with E-state index in [1.807, 2.05) is 30.3 Å². The van der Waals surface area contributed by atoms with Gasteiger partial charge in [-0.2, -0.15) is 5.10 Å². The van der Waals surface area contributed by atoms with E-state index in [0.717, 1.165) is 43.3 Å². The first-order chi connectivity index (χ1) is 13.3. The number of carbonyl (C=O) groups is 1. The number of aromatic nitrogens is 2. The molecule has 0 aliphatic carbocycles. The normalized spacial score (nSPS) is 13.9. The SMILES string of the molecule is COc1ccccc1CC(=O)NCCNc1cc(N2CCOCC2)cnn1. The molecule has 3 rings (SSSR count). The number of methoxy groups -OCH3 is 1. The second kappa shape index (κ2) is 9.72. The number of hydrogen-bond acceptors (Lipinski definition) is 7. The third-order valence-electron chi connectivity index (χ3n) is 4.31. The Kier molecular flexibility index (Phi) is 6.81. The van der Waals surface area contributed by atoms with Gasteiger partial charge in [0.25, 0.3) is 0 Å². The number of nitrogens with zero attached hydrogens (tertiary/aromatic N) is 3. The first kappa shape index (κ1) is 18.9. The van der Waals surface area contributed by atoms with Gasteiger partial charge in [0.15, 0.2) is 5.82 Å². The van der Waals surface area contributed by atoms with Crippen molar-refractivity contribution in [2.24, 2.45) is 0 Å². The molecule has 2 heterocycles. The van der Waals surface area contributed by atoms with Crippen molar-refractivity contribution < 1.29 is 14.3 Å². The molecule has 1 aliphatic rings. The molecule has 0 saturated carbocycles. The fraction of sp³-hybridized carbons (Fsp3) is 0.421. The van der Waals surface area contributed by atoms with Crippen LogP contribution >= 0.6 is 0 Å². The van der Waals surface area contributed by atoms with Crippen molar-refractivity contribution in [2.75, 3.05) is 56.7 Å². The number of amides is 1. The molecule has 144 valence electrons. The van der Waals surface area contributed by atoms with E-state index >= 15 is 0 Å². The quantitative estimate of drug-likeness (QED) is 0.672. The lowest BCUT2D eigenvalue weighted by Crippen LogP contribution is -2.36. The molecule has 1 aromatic heterocycles. The Morgan fingerprint density at radius 3 is 2.89 bits per heavy atom. The molecule has 0 spiro atoms. The summed E-state index contributed by atoms with van der Waals surface area (Å²) >= 11 is 0. The van der Waals surface area contributed by atoms with Gasteiger partial charge in [-0.1, -0.05) is 18.2 Å². The predicted molar refractivity (Wildman–Crippen MR) is 103 cm³/mol. The van der Waals surface area contributed by atoms with Crippen LogP contribution in [0.3, 0.4) is 0 Å². The maximum Gasteiger partial charge on any atom is 0.224 e. The fourth-order valence-electron chi connectivity index (χ4n) is 2.91. The molecule has 8 heteroatoms. The maximum atomic E-state index is 12.1. The molecule has 0 unspecified atom stereocenters. The minimum Gasteiger partial charge on any atom is -0.496 e. The van der Waals surface area contributed by atoms with Gasteiger partial charge in [0, 0.05) is 37.8 Å². The zero-order chi connectivity index (χ0) is 18.9. The molecule has 2 N–H and O–H groups in total. The number of morpholine rings is 1. The Morgan fingerprint density at radius 2 is 2.07 bits per heavy atom. The Labute approximate surface area is 158 Å². The van der Waals surface area contributed by atoms with Gasteiger partial charge in [0.2, 0.25) is 5.91 Å². The standard InChI is InChI=1S/C19H25N5O3/c1-26-17-5-3-2-4-15(17)12-19(25)21-7-6-20-18-13-16(14-22-23-18)24-8-10-27-11-9-24/h2-5,13-14H,6-12H2,1H3,(H,20,23)(H,21,25). The molecule has 8 nitrogen and oxygen atoms in total. The molecular formula is C19H25N5O3. The summed E-state index contributed by atoms with van der Waals surface area (Å²) in [6.45, 7) is 4.22. The molecule has 1 amide bonds. The Bertz CT molecular complexity index is 750. The van der Waals surface area contributed by atoms with Gasteiger partial charge in [0.1, 0.15) is 5.75 Å². The summed E-state index contributed by atoms with van der Waals surface area (Å²) in [7, 11) is 1.60. The van der Waals surface area contributed by atoms with Gasteiger partial charge in [-0.25, -0.2) is 0 Å². The average molecular weight is 371 g/mol. The van der Waals surface area contributed by atoms with Crippen molar-refractivity contribution in [3.8, 4) is 5.75 Å². The van der Waals surface area contributed by atoms with Crippen LogP contribution < -0.4 is 20.3 Å². The second-order valence-electron chi connectivity index (χ2n) is 6.16. The van der Waals surface area contributed by atoms with E-state index in [1.165, 1.54) is 0 Å². The van der Waals surface area contributed by atoms with E-state index in [4.69, 9.17) is 9.47 Å². The largest absolute Gasteiger partial charge is 0.496 e. The summed E-state index contributed by atoms with van der Waals surface area (Å²) in [5.74, 6) is 1.37. The highest BCUT2D eigenvalue weighted by Gasteiger charge is 2.12. The van der Waals surface area contributed by atoms with E-state index in [2.05, 4.69) is 25.7 Å². The molecule has 0 bridgehead atoms. The van der Waals surface area contributed by atoms with E-state index in [9.17, 15) is 4.79 Å². The van der Waals surface area contributed by atoms with Crippen LogP contribution in [0.2, 0.25) is 0 Å². The molecule has 1 fully saturated rings. The number of carbonyl (C=O) groups excluding carboxylic acids is 1. The van der Waals surface area contributed by atoms with Crippen LogP contribution in [0.25, 0.3) is 0 Å². The van der Waals surface area contributed by atoms with Crippen LogP contribution in [0.4, 0.5) is 11.5 Å². The van der Waals surface area contributed by atoms with Crippen molar-refractivity contribution in [3.05, 3.63) is 42.1 Å². The molecular weight excluding hydrogens is 346 g/mol. The lowest BCUT2D eigenvalue weighted by atomic mass is 10.1. The van der Waals surface area contributed by atoms with Crippen LogP contribution in [0, 0.1) is 0 Å². The van der Waals surface area contributed by atoms with Gasteiger partial charge < -0.3 is 25.0 Å². The average Bonchev–Trinajstić information content (AvgIpc) is 2.72. The van der Waals surface area contributed by atoms with E-state index in [-0.39, 0.29) is 12.3 Å². The van der Waals surface area contributed by atoms with Gasteiger partial charge >= 0.3 is 0 Å². The fourth-order valence-corrected chi connectivity index (χ4v) is 2.91. The number of nitrogens with one attached hydrogen (secondary N) is 2. The zero-order valence-electron chi connectivity index (χ0n) is 15.5. The van der Waals surface area contributed by atoms with Crippen LogP contribution in [0.1, 0.15) is 5.56 Å². The highest BCUT2D eigenvalue weighted by Crippen LogP contribution is 2.18. The number of rotatable bonds is 8. The molecule has 0 radical (unpaired) electrons. The molecule has 27 heavy (non-hydrogen) atoms. The van der Waals surface area contributed by atoms with Crippen molar-refractivity contribution in [3.63, 3.8) is 0 Å². The van der Waals surface area contributed by atoms with Gasteiger partial charge in [-0.15, -0.1) is 5.10 Å². The third-order valence-corrected chi connectivity index (χ3v) is 4.31. The summed E-state index contributed by atoms with van der Waals surface area (Å²) in [6.07, 6.45) is 2.04. The summed E-state index contributed by atoms with van der Waals surface area (Å²) in [5.41, 5.74) is 1.89. The van der Waals surface area contributed by atoms with Gasteiger partial charge in [-0.3, -0.25) is 4.79 Å². The third kappa shape index (κ3) is 5.55. The molecule has 0 atom stereocenters. The highest BCUT2D eigenvalue weighted by molar-refractivity contribution is 5.79. The van der Waals surface area contributed by atoms with Crippen LogP contribution in [0.5, 0.6) is 5.75 Å². The first-order valence-corrected chi connectivity index (χ1v) is 9.04. The smallest absolute Gasteiger partial charge is 0.224 e. The van der Waals surface area contributed by atoms with Crippen molar-refractivity contribution in [1.29, 1.82) is 0 Å². The lowest BCUT2D eigenvalue weighted by Gasteiger charge is -2.28. The van der Waals surface area contributed by atoms with Crippen molar-refractivity contribution in [2.45, 2.75) is 6.42 Å². The van der Waals surface area contributed by atoms with Crippen LogP contribution in [0.15, 0.2) is 36.5 Å². The Hall–Kier alpha value is -2.87. The first-order valence-electron chi connectivity index (χ1n) is 9.04. The van der Waals surface area contributed by atoms with E-state index in [1.54, 1.807) is 13.3 Å². The molecule has 1 saturated heterocycles. The van der Waals surface area contributed by atoms with Gasteiger partial charge in [-0.05, 0) is 6.07 Å². The summed E-state index contributed by atoms with van der Waals surface area (Å²) in [5, 5.41) is 14.2. The lowest BCUT2D eigenvalue weighted by molar-refractivity contribution is -0.120. The number of anilines is 2. The molecule has 2 aromatic rings. The second-order valence-corrected chi connectivity index (χ2v) is 6.16. The zero-order valence-corrected chi connectivity index (χ0v) is 15.5. The minimum atomic E-state index is -0.0468. The number of hydrogen-bond donors (Lipinski definition) is 2. The minimum absolute atomic E-state index is 0.0468. The van der Waals surface area contributed by atoms with Gasteiger partial charge in [0.05, 0.1) is 38.6 Å². The van der Waals surface area contributed by atoms with Crippen LogP contribution in [-0.2, 0) is 16.0 Å². The van der Waals surface area contributed by atoms with Crippen molar-refractivity contribution >= 4 is 17.4 Å². The number of para-hydroxylation sites is 1. The highest BCUT2D eigenvalue weighted by atomic mass is 16.5.